The van der Waals surface area contributed by atoms with Crippen molar-refractivity contribution in [3.63, 3.8) is 0 Å². The van der Waals surface area contributed by atoms with Crippen LogP contribution in [0.4, 0.5) is 0 Å². The molecule has 0 aliphatic heterocycles. The van der Waals surface area contributed by atoms with Crippen molar-refractivity contribution in [3.8, 4) is 0 Å². The average Bonchev–Trinajstić information content (AvgIpc) is 2.21. The number of amides is 1. The van der Waals surface area contributed by atoms with E-state index in [9.17, 15) is 4.79 Å². The zero-order valence-corrected chi connectivity index (χ0v) is 10.6. The van der Waals surface area contributed by atoms with E-state index in [2.05, 4.69) is 17.1 Å². The van der Waals surface area contributed by atoms with Gasteiger partial charge in [0.25, 0.3) is 0 Å². The molecule has 0 spiro atoms. The number of carbonyl (C=O) groups is 1. The standard InChI is InChI=1S/C10H21N3OS/c1-4-8(7-9(11)15)13(3)6-5-10(14)12-2/h8H,4-7H2,1-3H3,(H2,11,15)(H,12,14). The predicted octanol–water partition coefficient (Wildman–Crippen LogP) is 0.509. The molecule has 1 unspecified atom stereocenters. The molecule has 0 aromatic rings. The zero-order chi connectivity index (χ0) is 11.8. The molecule has 0 bridgehead atoms. The maximum atomic E-state index is 11.1. The Hall–Kier alpha value is -0.680. The molecule has 0 fully saturated rings. The first-order valence-corrected chi connectivity index (χ1v) is 5.61. The van der Waals surface area contributed by atoms with E-state index in [0.717, 1.165) is 19.4 Å². The predicted molar refractivity (Wildman–Crippen MR) is 66.8 cm³/mol. The highest BCUT2D eigenvalue weighted by molar-refractivity contribution is 7.80. The summed E-state index contributed by atoms with van der Waals surface area (Å²) in [4.78, 5) is 13.7. The molecule has 1 atom stereocenters. The smallest absolute Gasteiger partial charge is 0.221 e. The van der Waals surface area contributed by atoms with Gasteiger partial charge in [-0.15, -0.1) is 0 Å². The molecule has 0 aliphatic rings. The maximum absolute atomic E-state index is 11.1. The summed E-state index contributed by atoms with van der Waals surface area (Å²) in [6, 6.07) is 0.340. The highest BCUT2D eigenvalue weighted by Crippen LogP contribution is 2.07. The molecule has 0 aromatic carbocycles. The topological polar surface area (TPSA) is 58.4 Å². The summed E-state index contributed by atoms with van der Waals surface area (Å²) in [5.74, 6) is 0.0621. The molecule has 4 nitrogen and oxygen atoms in total. The Kier molecular flexibility index (Phi) is 7.25. The minimum absolute atomic E-state index is 0.0621. The fourth-order valence-corrected chi connectivity index (χ4v) is 1.62. The van der Waals surface area contributed by atoms with Crippen LogP contribution >= 0.6 is 12.2 Å². The molecule has 0 radical (unpaired) electrons. The number of thiocarbonyl (C=S) groups is 1. The first-order chi connectivity index (χ1) is 7.01. The lowest BCUT2D eigenvalue weighted by atomic mass is 10.1. The van der Waals surface area contributed by atoms with E-state index >= 15 is 0 Å². The summed E-state index contributed by atoms with van der Waals surface area (Å²) in [5, 5.41) is 2.60. The van der Waals surface area contributed by atoms with Crippen molar-refractivity contribution >= 4 is 23.1 Å². The van der Waals surface area contributed by atoms with Crippen LogP contribution in [0.5, 0.6) is 0 Å². The van der Waals surface area contributed by atoms with Gasteiger partial charge in [0.2, 0.25) is 5.91 Å². The van der Waals surface area contributed by atoms with Gasteiger partial charge in [-0.25, -0.2) is 0 Å². The van der Waals surface area contributed by atoms with Crippen LogP contribution in [0.15, 0.2) is 0 Å². The summed E-state index contributed by atoms with van der Waals surface area (Å²) < 4.78 is 0. The number of hydrogen-bond donors (Lipinski definition) is 2. The highest BCUT2D eigenvalue weighted by Gasteiger charge is 2.14. The van der Waals surface area contributed by atoms with Crippen LogP contribution in [-0.4, -0.2) is 42.5 Å². The van der Waals surface area contributed by atoms with Gasteiger partial charge < -0.3 is 16.0 Å². The summed E-state index contributed by atoms with van der Waals surface area (Å²) in [7, 11) is 3.64. The van der Waals surface area contributed by atoms with E-state index in [1.807, 2.05) is 7.05 Å². The third-order valence-electron chi connectivity index (χ3n) is 2.50. The molecule has 15 heavy (non-hydrogen) atoms. The van der Waals surface area contributed by atoms with E-state index in [-0.39, 0.29) is 5.91 Å². The van der Waals surface area contributed by atoms with E-state index in [1.54, 1.807) is 7.05 Å². The Balaban J connectivity index is 3.98. The highest BCUT2D eigenvalue weighted by atomic mass is 32.1. The van der Waals surface area contributed by atoms with E-state index in [1.165, 1.54) is 0 Å². The van der Waals surface area contributed by atoms with Gasteiger partial charge in [0.15, 0.2) is 0 Å². The Morgan fingerprint density at radius 3 is 2.60 bits per heavy atom. The van der Waals surface area contributed by atoms with Gasteiger partial charge in [0.05, 0.1) is 4.99 Å². The van der Waals surface area contributed by atoms with Crippen molar-refractivity contribution in [1.29, 1.82) is 0 Å². The second kappa shape index (κ2) is 7.59. The Bertz CT molecular complexity index is 221. The summed E-state index contributed by atoms with van der Waals surface area (Å²) >= 11 is 4.89. The summed E-state index contributed by atoms with van der Waals surface area (Å²) in [5.41, 5.74) is 5.51. The number of hydrogen-bond acceptors (Lipinski definition) is 3. The Morgan fingerprint density at radius 2 is 2.20 bits per heavy atom. The number of carbonyl (C=O) groups excluding carboxylic acids is 1. The SMILES string of the molecule is CCC(CC(N)=S)N(C)CCC(=O)NC. The second-order valence-corrected chi connectivity index (χ2v) is 4.16. The molecule has 0 saturated heterocycles. The van der Waals surface area contributed by atoms with Crippen molar-refractivity contribution in [2.45, 2.75) is 32.2 Å². The van der Waals surface area contributed by atoms with Crippen LogP contribution in [0.25, 0.3) is 0 Å². The Morgan fingerprint density at radius 1 is 1.60 bits per heavy atom. The third kappa shape index (κ3) is 6.41. The summed E-state index contributed by atoms with van der Waals surface area (Å²) in [6.07, 6.45) is 2.22. The molecule has 0 aromatic heterocycles. The minimum atomic E-state index is 0.0621. The molecule has 1 amide bonds. The lowest BCUT2D eigenvalue weighted by Gasteiger charge is -2.26. The van der Waals surface area contributed by atoms with E-state index < -0.39 is 0 Å². The van der Waals surface area contributed by atoms with Gasteiger partial charge in [-0.2, -0.15) is 0 Å². The number of nitrogens with zero attached hydrogens (tertiary/aromatic N) is 1. The van der Waals surface area contributed by atoms with Gasteiger partial charge >= 0.3 is 0 Å². The zero-order valence-electron chi connectivity index (χ0n) is 9.75. The van der Waals surface area contributed by atoms with Gasteiger partial charge in [0, 0.05) is 32.5 Å². The third-order valence-corrected chi connectivity index (χ3v) is 2.67. The number of nitrogens with one attached hydrogen (secondary N) is 1. The quantitative estimate of drug-likeness (QED) is 0.627. The normalized spacial score (nSPS) is 12.5. The maximum Gasteiger partial charge on any atom is 0.221 e. The molecule has 0 heterocycles. The molecule has 0 saturated carbocycles. The van der Waals surface area contributed by atoms with E-state index in [4.69, 9.17) is 18.0 Å². The monoisotopic (exact) mass is 231 g/mol. The average molecular weight is 231 g/mol. The number of nitrogens with two attached hydrogens (primary N) is 1. The number of rotatable bonds is 7. The second-order valence-electron chi connectivity index (χ2n) is 3.64. The lowest BCUT2D eigenvalue weighted by molar-refractivity contribution is -0.120. The van der Waals surface area contributed by atoms with Crippen LogP contribution in [0.1, 0.15) is 26.2 Å². The molecule has 3 N–H and O–H groups in total. The largest absolute Gasteiger partial charge is 0.393 e. The van der Waals surface area contributed by atoms with Gasteiger partial charge in [-0.1, -0.05) is 19.1 Å². The van der Waals surface area contributed by atoms with E-state index in [0.29, 0.717) is 17.5 Å². The molecular formula is C10H21N3OS. The van der Waals surface area contributed by atoms with Gasteiger partial charge in [-0.3, -0.25) is 4.79 Å². The molecule has 0 rings (SSSR count). The fourth-order valence-electron chi connectivity index (χ4n) is 1.43. The molecule has 88 valence electrons. The Labute approximate surface area is 97.2 Å². The van der Waals surface area contributed by atoms with Crippen molar-refractivity contribution in [1.82, 2.24) is 10.2 Å². The van der Waals surface area contributed by atoms with Crippen LogP contribution in [-0.2, 0) is 4.79 Å². The first kappa shape index (κ1) is 14.3. The van der Waals surface area contributed by atoms with Crippen LogP contribution in [0.2, 0.25) is 0 Å². The van der Waals surface area contributed by atoms with Crippen molar-refractivity contribution < 1.29 is 4.79 Å². The molecule has 0 aliphatic carbocycles. The van der Waals surface area contributed by atoms with Gasteiger partial charge in [0.1, 0.15) is 0 Å². The van der Waals surface area contributed by atoms with Crippen LogP contribution < -0.4 is 11.1 Å². The molecular weight excluding hydrogens is 210 g/mol. The van der Waals surface area contributed by atoms with Gasteiger partial charge in [-0.05, 0) is 13.5 Å². The van der Waals surface area contributed by atoms with Crippen molar-refractivity contribution in [2.75, 3.05) is 20.6 Å². The van der Waals surface area contributed by atoms with Crippen LogP contribution in [0, 0.1) is 0 Å². The van der Waals surface area contributed by atoms with Crippen molar-refractivity contribution in [2.24, 2.45) is 5.73 Å². The van der Waals surface area contributed by atoms with Crippen LogP contribution in [0.3, 0.4) is 0 Å². The lowest BCUT2D eigenvalue weighted by Crippen LogP contribution is -2.36. The fraction of sp³-hybridized carbons (Fsp3) is 0.800. The summed E-state index contributed by atoms with van der Waals surface area (Å²) in [6.45, 7) is 2.83. The minimum Gasteiger partial charge on any atom is -0.393 e. The van der Waals surface area contributed by atoms with Crippen molar-refractivity contribution in [3.05, 3.63) is 0 Å². The first-order valence-electron chi connectivity index (χ1n) is 5.20. The molecule has 5 heteroatoms.